The van der Waals surface area contributed by atoms with Gasteiger partial charge in [0.25, 0.3) is 0 Å². The molecule has 1 aliphatic heterocycles. The molecule has 0 saturated carbocycles. The van der Waals surface area contributed by atoms with Gasteiger partial charge in [-0.05, 0) is 61.1 Å². The summed E-state index contributed by atoms with van der Waals surface area (Å²) in [6.07, 6.45) is 4.47. The van der Waals surface area contributed by atoms with E-state index in [0.717, 1.165) is 24.8 Å². The number of hydrazone groups is 1. The molecule has 0 bridgehead atoms. The minimum Gasteiger partial charge on any atom is -0.493 e. The second-order valence-corrected chi connectivity index (χ2v) is 8.59. The van der Waals surface area contributed by atoms with E-state index in [9.17, 15) is 4.79 Å². The molecule has 1 atom stereocenters. The highest BCUT2D eigenvalue weighted by Gasteiger charge is 2.28. The van der Waals surface area contributed by atoms with E-state index in [0.29, 0.717) is 47.8 Å². The molecular formula is C26H35N3O5. The molecular weight excluding hydrogens is 434 g/mol. The number of hydrogen-bond acceptors (Lipinski definition) is 7. The summed E-state index contributed by atoms with van der Waals surface area (Å²) in [7, 11) is 4.77. The highest BCUT2D eigenvalue weighted by Crippen LogP contribution is 2.31. The number of amides is 1. The van der Waals surface area contributed by atoms with Gasteiger partial charge in [-0.2, -0.15) is 5.10 Å². The van der Waals surface area contributed by atoms with Gasteiger partial charge in [0.2, 0.25) is 5.91 Å². The molecule has 34 heavy (non-hydrogen) atoms. The van der Waals surface area contributed by atoms with Crippen LogP contribution in [0, 0.1) is 5.92 Å². The molecule has 0 radical (unpaired) electrons. The Morgan fingerprint density at radius 3 is 2.44 bits per heavy atom. The third-order valence-corrected chi connectivity index (χ3v) is 5.54. The monoisotopic (exact) mass is 469 g/mol. The number of carbonyl (C=O) groups is 1. The fourth-order valence-corrected chi connectivity index (χ4v) is 3.74. The van der Waals surface area contributed by atoms with Gasteiger partial charge in [-0.15, -0.1) is 0 Å². The second-order valence-electron chi connectivity index (χ2n) is 8.59. The van der Waals surface area contributed by atoms with Crippen molar-refractivity contribution in [2.45, 2.75) is 39.2 Å². The third-order valence-electron chi connectivity index (χ3n) is 5.54. The van der Waals surface area contributed by atoms with Crippen molar-refractivity contribution in [2.24, 2.45) is 11.0 Å². The number of nitrogens with one attached hydrogen (secondary N) is 1. The molecule has 184 valence electrons. The number of hydrogen-bond donors (Lipinski definition) is 1. The van der Waals surface area contributed by atoms with E-state index >= 15 is 0 Å². The highest BCUT2D eigenvalue weighted by molar-refractivity contribution is 5.95. The number of carbonyl (C=O) groups excluding carboxylic acids is 1. The maximum atomic E-state index is 13.1. The molecule has 1 aliphatic rings. The van der Waals surface area contributed by atoms with Gasteiger partial charge < -0.3 is 24.3 Å². The van der Waals surface area contributed by atoms with Crippen molar-refractivity contribution in [2.75, 3.05) is 39.8 Å². The van der Waals surface area contributed by atoms with Crippen LogP contribution in [0.15, 0.2) is 41.5 Å². The van der Waals surface area contributed by atoms with Gasteiger partial charge in [-0.25, -0.2) is 0 Å². The first-order valence-corrected chi connectivity index (χ1v) is 11.6. The topological polar surface area (TPSA) is 81.6 Å². The van der Waals surface area contributed by atoms with Crippen molar-refractivity contribution in [3.8, 4) is 23.0 Å². The number of rotatable bonds is 10. The van der Waals surface area contributed by atoms with Gasteiger partial charge in [0.05, 0.1) is 34.2 Å². The molecule has 2 aromatic carbocycles. The quantitative estimate of drug-likeness (QED) is 0.513. The lowest BCUT2D eigenvalue weighted by Crippen LogP contribution is -2.44. The first kappa shape index (κ1) is 25.2. The second kappa shape index (κ2) is 12.2. The predicted molar refractivity (Wildman–Crippen MR) is 133 cm³/mol. The molecule has 1 fully saturated rings. The van der Waals surface area contributed by atoms with Crippen molar-refractivity contribution in [3.05, 3.63) is 42.0 Å². The van der Waals surface area contributed by atoms with Crippen molar-refractivity contribution < 1.29 is 23.7 Å². The average Bonchev–Trinajstić information content (AvgIpc) is 2.86. The Morgan fingerprint density at radius 2 is 1.74 bits per heavy atom. The smallest absolute Gasteiger partial charge is 0.248 e. The first-order chi connectivity index (χ1) is 16.4. The summed E-state index contributed by atoms with van der Waals surface area (Å²) in [4.78, 5) is 13.1. The zero-order valence-corrected chi connectivity index (χ0v) is 20.7. The van der Waals surface area contributed by atoms with Crippen LogP contribution in [0.2, 0.25) is 0 Å². The highest BCUT2D eigenvalue weighted by atomic mass is 16.5. The standard InChI is InChI=1S/C26H35N3O5/c1-18(2)17-34-25-14-19(9-11-23(25)32-4)16-27-29-13-7-6-8-21(29)26(30)28-20-10-12-22(31-3)24(15-20)33-5/h9-12,14-16,18,21H,6-8,13,17H2,1-5H3,(H,28,30)/b27-16-/t21-/m0/s1. The van der Waals surface area contributed by atoms with Crippen LogP contribution in [0.1, 0.15) is 38.7 Å². The third kappa shape index (κ3) is 6.56. The molecule has 0 spiro atoms. The maximum absolute atomic E-state index is 13.1. The lowest BCUT2D eigenvalue weighted by molar-refractivity contribution is -0.122. The van der Waals surface area contributed by atoms with Crippen LogP contribution in [0.4, 0.5) is 5.69 Å². The Labute approximate surface area is 201 Å². The van der Waals surface area contributed by atoms with E-state index in [1.165, 1.54) is 0 Å². The normalized spacial score (nSPS) is 15.9. The maximum Gasteiger partial charge on any atom is 0.248 e. The van der Waals surface area contributed by atoms with Gasteiger partial charge in [-0.1, -0.05) is 13.8 Å². The summed E-state index contributed by atoms with van der Waals surface area (Å²) in [5.41, 5.74) is 1.53. The summed E-state index contributed by atoms with van der Waals surface area (Å²) in [6, 6.07) is 10.7. The summed E-state index contributed by atoms with van der Waals surface area (Å²) < 4.78 is 21.9. The Balaban J connectivity index is 1.72. The number of ether oxygens (including phenoxy) is 4. The van der Waals surface area contributed by atoms with Crippen LogP contribution < -0.4 is 24.3 Å². The largest absolute Gasteiger partial charge is 0.493 e. The van der Waals surface area contributed by atoms with E-state index in [4.69, 9.17) is 18.9 Å². The minimum atomic E-state index is -0.354. The van der Waals surface area contributed by atoms with Crippen LogP contribution in [0.5, 0.6) is 23.0 Å². The summed E-state index contributed by atoms with van der Waals surface area (Å²) >= 11 is 0. The molecule has 8 nitrogen and oxygen atoms in total. The molecule has 1 amide bonds. The number of nitrogens with zero attached hydrogens (tertiary/aromatic N) is 2. The SMILES string of the molecule is COc1ccc(NC(=O)[C@@H]2CCCCN2/N=C\c2ccc(OC)c(OCC(C)C)c2)cc1OC. The van der Waals surface area contributed by atoms with Crippen LogP contribution in [-0.2, 0) is 4.79 Å². The molecule has 1 saturated heterocycles. The zero-order chi connectivity index (χ0) is 24.5. The zero-order valence-electron chi connectivity index (χ0n) is 20.7. The Hall–Kier alpha value is -3.42. The molecule has 3 rings (SSSR count). The molecule has 2 aromatic rings. The predicted octanol–water partition coefficient (Wildman–Crippen LogP) is 4.57. The average molecular weight is 470 g/mol. The van der Waals surface area contributed by atoms with Crippen LogP contribution in [0.25, 0.3) is 0 Å². The molecule has 0 aliphatic carbocycles. The first-order valence-electron chi connectivity index (χ1n) is 11.6. The number of piperidine rings is 1. The van der Waals surface area contributed by atoms with Crippen LogP contribution >= 0.6 is 0 Å². The fourth-order valence-electron chi connectivity index (χ4n) is 3.74. The van der Waals surface area contributed by atoms with Crippen molar-refractivity contribution in [3.63, 3.8) is 0 Å². The molecule has 0 aromatic heterocycles. The minimum absolute atomic E-state index is 0.0974. The van der Waals surface area contributed by atoms with Gasteiger partial charge in [0.1, 0.15) is 6.04 Å². The lowest BCUT2D eigenvalue weighted by atomic mass is 10.0. The van der Waals surface area contributed by atoms with Gasteiger partial charge in [0, 0.05) is 18.3 Å². The van der Waals surface area contributed by atoms with Gasteiger partial charge in [-0.3, -0.25) is 9.80 Å². The van der Waals surface area contributed by atoms with Gasteiger partial charge in [0.15, 0.2) is 23.0 Å². The van der Waals surface area contributed by atoms with Gasteiger partial charge >= 0.3 is 0 Å². The van der Waals surface area contributed by atoms with Crippen LogP contribution in [-0.4, -0.2) is 57.7 Å². The van der Waals surface area contributed by atoms with E-state index in [1.807, 2.05) is 23.2 Å². The van der Waals surface area contributed by atoms with Crippen molar-refractivity contribution in [1.29, 1.82) is 0 Å². The summed E-state index contributed by atoms with van der Waals surface area (Å²) in [6.45, 7) is 5.51. The molecule has 1 N–H and O–H groups in total. The van der Waals surface area contributed by atoms with E-state index < -0.39 is 0 Å². The van der Waals surface area contributed by atoms with E-state index in [2.05, 4.69) is 24.3 Å². The Kier molecular flexibility index (Phi) is 9.01. The number of anilines is 1. The fraction of sp³-hybridized carbons (Fsp3) is 0.462. The van der Waals surface area contributed by atoms with Crippen molar-refractivity contribution >= 4 is 17.8 Å². The van der Waals surface area contributed by atoms with E-state index in [-0.39, 0.29) is 11.9 Å². The van der Waals surface area contributed by atoms with E-state index in [1.54, 1.807) is 45.7 Å². The molecule has 0 unspecified atom stereocenters. The summed E-state index contributed by atoms with van der Waals surface area (Å²) in [5, 5.41) is 9.51. The lowest BCUT2D eigenvalue weighted by Gasteiger charge is -2.32. The van der Waals surface area contributed by atoms with Crippen LogP contribution in [0.3, 0.4) is 0 Å². The number of benzene rings is 2. The Bertz CT molecular complexity index is 992. The summed E-state index contributed by atoms with van der Waals surface area (Å²) in [5.74, 6) is 2.85. The Morgan fingerprint density at radius 1 is 1.03 bits per heavy atom. The molecule has 8 heteroatoms. The number of methoxy groups -OCH3 is 3. The van der Waals surface area contributed by atoms with Crippen molar-refractivity contribution in [1.82, 2.24) is 5.01 Å². The molecule has 1 heterocycles.